The molecule has 0 N–H and O–H groups in total. The fourth-order valence-corrected chi connectivity index (χ4v) is 3.44. The summed E-state index contributed by atoms with van der Waals surface area (Å²) in [4.78, 5) is 21.1. The average Bonchev–Trinajstić information content (AvgIpc) is 3.42. The molecule has 1 aromatic carbocycles. The summed E-state index contributed by atoms with van der Waals surface area (Å²) < 4.78 is 1.84. The van der Waals surface area contributed by atoms with E-state index in [1.165, 1.54) is 0 Å². The molecule has 27 heavy (non-hydrogen) atoms. The molecule has 0 unspecified atom stereocenters. The van der Waals surface area contributed by atoms with Crippen LogP contribution < -0.4 is 4.90 Å². The number of benzene rings is 1. The maximum absolute atomic E-state index is 12.6. The highest BCUT2D eigenvalue weighted by molar-refractivity contribution is 5.95. The van der Waals surface area contributed by atoms with Crippen LogP contribution in [0.25, 0.3) is 5.69 Å². The molecule has 0 radical (unpaired) electrons. The van der Waals surface area contributed by atoms with Crippen molar-refractivity contribution in [1.82, 2.24) is 19.7 Å². The predicted octanol–water partition coefficient (Wildman–Crippen LogP) is 3.14. The second-order valence-electron chi connectivity index (χ2n) is 6.88. The van der Waals surface area contributed by atoms with Gasteiger partial charge in [-0.1, -0.05) is 12.1 Å². The Morgan fingerprint density at radius 3 is 2.74 bits per heavy atom. The van der Waals surface area contributed by atoms with Crippen molar-refractivity contribution in [2.45, 2.75) is 19.4 Å². The highest BCUT2D eigenvalue weighted by Crippen LogP contribution is 2.19. The summed E-state index contributed by atoms with van der Waals surface area (Å²) >= 11 is 0. The van der Waals surface area contributed by atoms with Crippen molar-refractivity contribution >= 4 is 11.7 Å². The van der Waals surface area contributed by atoms with Crippen molar-refractivity contribution in [3.63, 3.8) is 0 Å². The third-order valence-electron chi connectivity index (χ3n) is 4.88. The summed E-state index contributed by atoms with van der Waals surface area (Å²) in [6.45, 7) is 2.41. The Kier molecular flexibility index (Phi) is 4.87. The van der Waals surface area contributed by atoms with E-state index in [1.807, 2.05) is 47.1 Å². The maximum atomic E-state index is 12.6. The van der Waals surface area contributed by atoms with Gasteiger partial charge in [-0.15, -0.1) is 0 Å². The first-order valence-corrected chi connectivity index (χ1v) is 9.26. The number of amides is 1. The number of pyridine rings is 1. The quantitative estimate of drug-likeness (QED) is 0.701. The lowest BCUT2D eigenvalue weighted by atomic mass is 10.2. The monoisotopic (exact) mass is 361 g/mol. The number of carbonyl (C=O) groups excluding carboxylic acids is 1. The molecule has 0 bridgehead atoms. The zero-order valence-electron chi connectivity index (χ0n) is 15.5. The number of hydrogen-bond donors (Lipinski definition) is 0. The van der Waals surface area contributed by atoms with Crippen molar-refractivity contribution in [2.75, 3.05) is 25.0 Å². The van der Waals surface area contributed by atoms with Crippen LogP contribution in [-0.4, -0.2) is 45.7 Å². The van der Waals surface area contributed by atoms with Crippen LogP contribution in [0.5, 0.6) is 0 Å². The molecule has 6 nitrogen and oxygen atoms in total. The van der Waals surface area contributed by atoms with Crippen LogP contribution in [0.3, 0.4) is 0 Å². The Labute approximate surface area is 159 Å². The van der Waals surface area contributed by atoms with E-state index in [4.69, 9.17) is 0 Å². The van der Waals surface area contributed by atoms with Gasteiger partial charge in [-0.2, -0.15) is 5.10 Å². The molecule has 1 saturated heterocycles. The Bertz CT molecular complexity index is 916. The Morgan fingerprint density at radius 2 is 1.96 bits per heavy atom. The molecule has 1 amide bonds. The van der Waals surface area contributed by atoms with E-state index in [1.54, 1.807) is 18.5 Å². The zero-order valence-corrected chi connectivity index (χ0v) is 15.5. The first-order chi connectivity index (χ1) is 13.2. The summed E-state index contributed by atoms with van der Waals surface area (Å²) in [7, 11) is 1.99. The SMILES string of the molecule is CN(Cc1cccc(-n2cccn2)c1)c1cc(C(=O)N2CCCC2)ccn1. The molecule has 1 fully saturated rings. The van der Waals surface area contributed by atoms with Gasteiger partial charge in [0.15, 0.2) is 0 Å². The van der Waals surface area contributed by atoms with E-state index in [0.29, 0.717) is 12.1 Å². The minimum Gasteiger partial charge on any atom is -0.355 e. The molecule has 3 heterocycles. The fourth-order valence-electron chi connectivity index (χ4n) is 3.44. The summed E-state index contributed by atoms with van der Waals surface area (Å²) in [6, 6.07) is 13.9. The van der Waals surface area contributed by atoms with Crippen LogP contribution in [0.15, 0.2) is 61.1 Å². The van der Waals surface area contributed by atoms with Gasteiger partial charge >= 0.3 is 0 Å². The van der Waals surface area contributed by atoms with Crippen LogP contribution >= 0.6 is 0 Å². The molecule has 2 aromatic heterocycles. The van der Waals surface area contributed by atoms with E-state index < -0.39 is 0 Å². The second kappa shape index (κ2) is 7.61. The van der Waals surface area contributed by atoms with Crippen LogP contribution in [0.2, 0.25) is 0 Å². The van der Waals surface area contributed by atoms with Crippen LogP contribution in [0, 0.1) is 0 Å². The zero-order chi connectivity index (χ0) is 18.6. The number of rotatable bonds is 5. The van der Waals surface area contributed by atoms with Gasteiger partial charge in [0.2, 0.25) is 0 Å². The lowest BCUT2D eigenvalue weighted by Crippen LogP contribution is -2.28. The number of anilines is 1. The molecule has 138 valence electrons. The van der Waals surface area contributed by atoms with E-state index in [2.05, 4.69) is 27.1 Å². The molecule has 6 heteroatoms. The molecule has 0 saturated carbocycles. The molecule has 1 aliphatic rings. The Balaban J connectivity index is 1.50. The normalized spacial score (nSPS) is 13.7. The van der Waals surface area contributed by atoms with Gasteiger partial charge in [0, 0.05) is 50.8 Å². The summed E-state index contributed by atoms with van der Waals surface area (Å²) in [6.07, 6.45) is 7.60. The predicted molar refractivity (Wildman–Crippen MR) is 105 cm³/mol. The molecule has 0 atom stereocenters. The minimum absolute atomic E-state index is 0.102. The van der Waals surface area contributed by atoms with Crippen molar-refractivity contribution in [3.8, 4) is 5.69 Å². The molecule has 0 spiro atoms. The number of hydrogen-bond acceptors (Lipinski definition) is 4. The highest BCUT2D eigenvalue weighted by atomic mass is 16.2. The van der Waals surface area contributed by atoms with Gasteiger partial charge in [-0.25, -0.2) is 9.67 Å². The summed E-state index contributed by atoms with van der Waals surface area (Å²) in [5, 5.41) is 4.28. The number of nitrogens with zero attached hydrogens (tertiary/aromatic N) is 5. The number of carbonyl (C=O) groups is 1. The van der Waals surface area contributed by atoms with Crippen molar-refractivity contribution in [2.24, 2.45) is 0 Å². The van der Waals surface area contributed by atoms with Gasteiger partial charge < -0.3 is 9.80 Å². The Hall–Kier alpha value is -3.15. The minimum atomic E-state index is 0.102. The molecule has 3 aromatic rings. The smallest absolute Gasteiger partial charge is 0.254 e. The van der Waals surface area contributed by atoms with Crippen molar-refractivity contribution < 1.29 is 4.79 Å². The topological polar surface area (TPSA) is 54.3 Å². The first kappa shape index (κ1) is 17.3. The molecular weight excluding hydrogens is 338 g/mol. The number of aromatic nitrogens is 3. The van der Waals surface area contributed by atoms with Gasteiger partial charge in [0.05, 0.1) is 5.69 Å². The average molecular weight is 361 g/mol. The fraction of sp³-hybridized carbons (Fsp3) is 0.286. The molecular formula is C21H23N5O. The lowest BCUT2D eigenvalue weighted by molar-refractivity contribution is 0.0792. The lowest BCUT2D eigenvalue weighted by Gasteiger charge is -2.20. The van der Waals surface area contributed by atoms with Gasteiger partial charge in [-0.05, 0) is 48.7 Å². The van der Waals surface area contributed by atoms with Gasteiger partial charge in [-0.3, -0.25) is 4.79 Å². The maximum Gasteiger partial charge on any atom is 0.254 e. The van der Waals surface area contributed by atoms with Crippen LogP contribution in [-0.2, 0) is 6.54 Å². The summed E-state index contributed by atoms with van der Waals surface area (Å²) in [5.74, 6) is 0.898. The van der Waals surface area contributed by atoms with Crippen molar-refractivity contribution in [1.29, 1.82) is 0 Å². The summed E-state index contributed by atoms with van der Waals surface area (Å²) in [5.41, 5.74) is 2.89. The number of likely N-dealkylation sites (tertiary alicyclic amines) is 1. The van der Waals surface area contributed by atoms with Gasteiger partial charge in [0.1, 0.15) is 5.82 Å². The molecule has 4 rings (SSSR count). The molecule has 0 aliphatic carbocycles. The van der Waals surface area contributed by atoms with Crippen LogP contribution in [0.1, 0.15) is 28.8 Å². The second-order valence-corrected chi connectivity index (χ2v) is 6.88. The van der Waals surface area contributed by atoms with E-state index >= 15 is 0 Å². The Morgan fingerprint density at radius 1 is 1.11 bits per heavy atom. The molecule has 1 aliphatic heterocycles. The van der Waals surface area contributed by atoms with Crippen LogP contribution in [0.4, 0.5) is 5.82 Å². The van der Waals surface area contributed by atoms with E-state index in [0.717, 1.165) is 43.0 Å². The van der Waals surface area contributed by atoms with E-state index in [9.17, 15) is 4.79 Å². The highest BCUT2D eigenvalue weighted by Gasteiger charge is 2.20. The van der Waals surface area contributed by atoms with Crippen molar-refractivity contribution in [3.05, 3.63) is 72.2 Å². The first-order valence-electron chi connectivity index (χ1n) is 9.26. The third-order valence-corrected chi connectivity index (χ3v) is 4.88. The van der Waals surface area contributed by atoms with Gasteiger partial charge in [0.25, 0.3) is 5.91 Å². The standard InChI is InChI=1S/C21H23N5O/c1-24(16-17-6-4-7-19(14-17)26-13-5-9-23-26)20-15-18(8-10-22-20)21(27)25-11-2-3-12-25/h4-10,13-15H,2-3,11-12,16H2,1H3. The largest absolute Gasteiger partial charge is 0.355 e. The van der Waals surface area contributed by atoms with E-state index in [-0.39, 0.29) is 5.91 Å². The third kappa shape index (κ3) is 3.84.